The van der Waals surface area contributed by atoms with Gasteiger partial charge >= 0.3 is 0 Å². The Hall–Kier alpha value is -0.660. The molecule has 0 amide bonds. The summed E-state index contributed by atoms with van der Waals surface area (Å²) in [6.07, 6.45) is 9.53. The Morgan fingerprint density at radius 3 is 2.52 bits per heavy atom. The molecule has 4 aliphatic carbocycles. The molecule has 116 valence electrons. The third-order valence-electron chi connectivity index (χ3n) is 8.19. The van der Waals surface area contributed by atoms with Crippen molar-refractivity contribution in [1.29, 1.82) is 0 Å². The van der Waals surface area contributed by atoms with E-state index in [1.807, 2.05) is 0 Å². The van der Waals surface area contributed by atoms with Gasteiger partial charge in [-0.05, 0) is 67.6 Å². The zero-order valence-electron chi connectivity index (χ0n) is 13.5. The van der Waals surface area contributed by atoms with Gasteiger partial charge in [0.1, 0.15) is 11.6 Å². The van der Waals surface area contributed by atoms with Crippen molar-refractivity contribution in [2.24, 2.45) is 34.5 Å². The maximum atomic E-state index is 12.4. The number of carbonyl (C=O) groups is 2. The highest BCUT2D eigenvalue weighted by Crippen LogP contribution is 2.65. The van der Waals surface area contributed by atoms with Crippen LogP contribution in [-0.4, -0.2) is 11.6 Å². The van der Waals surface area contributed by atoms with Gasteiger partial charge < -0.3 is 0 Å². The van der Waals surface area contributed by atoms with Crippen molar-refractivity contribution >= 4 is 11.6 Å². The van der Waals surface area contributed by atoms with Crippen molar-refractivity contribution < 1.29 is 9.59 Å². The van der Waals surface area contributed by atoms with E-state index in [0.29, 0.717) is 28.8 Å². The molecule has 0 heterocycles. The van der Waals surface area contributed by atoms with Crippen LogP contribution in [0.4, 0.5) is 0 Å². The first-order valence-corrected chi connectivity index (χ1v) is 9.00. The Balaban J connectivity index is 1.65. The van der Waals surface area contributed by atoms with Gasteiger partial charge in [0, 0.05) is 24.7 Å². The predicted molar refractivity (Wildman–Crippen MR) is 81.7 cm³/mol. The van der Waals surface area contributed by atoms with Crippen molar-refractivity contribution in [1.82, 2.24) is 0 Å². The van der Waals surface area contributed by atoms with E-state index >= 15 is 0 Å². The molecule has 4 saturated carbocycles. The molecule has 6 atom stereocenters. The van der Waals surface area contributed by atoms with Crippen molar-refractivity contribution in [3.05, 3.63) is 0 Å². The van der Waals surface area contributed by atoms with E-state index in [0.717, 1.165) is 50.4 Å². The molecule has 0 aromatic heterocycles. The number of fused-ring (bicyclic) bond motifs is 5. The van der Waals surface area contributed by atoms with Crippen molar-refractivity contribution in [2.45, 2.75) is 71.6 Å². The van der Waals surface area contributed by atoms with Crippen LogP contribution in [-0.2, 0) is 9.59 Å². The van der Waals surface area contributed by atoms with Crippen LogP contribution >= 0.6 is 0 Å². The summed E-state index contributed by atoms with van der Waals surface area (Å²) in [7, 11) is 0. The summed E-state index contributed by atoms with van der Waals surface area (Å²) >= 11 is 0. The van der Waals surface area contributed by atoms with Crippen LogP contribution in [0.5, 0.6) is 0 Å². The molecule has 0 unspecified atom stereocenters. The number of ketones is 2. The summed E-state index contributed by atoms with van der Waals surface area (Å²) in [5, 5.41) is 0. The van der Waals surface area contributed by atoms with E-state index in [1.54, 1.807) is 0 Å². The lowest BCUT2D eigenvalue weighted by Crippen LogP contribution is -2.53. The van der Waals surface area contributed by atoms with Crippen LogP contribution in [0.25, 0.3) is 0 Å². The molecule has 2 nitrogen and oxygen atoms in total. The number of rotatable bonds is 0. The maximum absolute atomic E-state index is 12.4. The van der Waals surface area contributed by atoms with Gasteiger partial charge in [-0.2, -0.15) is 0 Å². The molecule has 4 aliphatic rings. The molecular formula is C19H28O2. The third-order valence-corrected chi connectivity index (χ3v) is 8.19. The topological polar surface area (TPSA) is 34.1 Å². The Morgan fingerprint density at radius 1 is 0.905 bits per heavy atom. The molecule has 0 bridgehead atoms. The summed E-state index contributed by atoms with van der Waals surface area (Å²) in [5.41, 5.74) is 0.374. The number of Topliss-reactive ketones (excluding diaryl/α,β-unsaturated/α-hetero) is 2. The second-order valence-corrected chi connectivity index (χ2v) is 8.82. The van der Waals surface area contributed by atoms with Gasteiger partial charge in [0.15, 0.2) is 0 Å². The zero-order valence-corrected chi connectivity index (χ0v) is 13.5. The number of hydrogen-bond donors (Lipinski definition) is 0. The highest BCUT2D eigenvalue weighted by atomic mass is 16.1. The Kier molecular flexibility index (Phi) is 2.94. The smallest absolute Gasteiger partial charge is 0.139 e. The normalized spacial score (nSPS) is 53.0. The van der Waals surface area contributed by atoms with Crippen LogP contribution in [0.1, 0.15) is 71.6 Å². The van der Waals surface area contributed by atoms with Gasteiger partial charge in [-0.1, -0.05) is 13.8 Å². The zero-order chi connectivity index (χ0) is 14.8. The fourth-order valence-electron chi connectivity index (χ4n) is 6.82. The molecule has 0 saturated heterocycles. The largest absolute Gasteiger partial charge is 0.300 e. The fraction of sp³-hybridized carbons (Fsp3) is 0.895. The minimum atomic E-state index is -0.00511. The average molecular weight is 288 g/mol. The Morgan fingerprint density at radius 2 is 1.71 bits per heavy atom. The second-order valence-electron chi connectivity index (χ2n) is 8.82. The SMILES string of the molecule is C[C@]12CCC(=O)C[C@@H]1CC[C@H]1[C@H]2CC[C@]2(C)C(=O)CC[C@@H]12. The first-order chi connectivity index (χ1) is 9.95. The quantitative estimate of drug-likeness (QED) is 0.670. The molecule has 0 aromatic rings. The molecule has 21 heavy (non-hydrogen) atoms. The van der Waals surface area contributed by atoms with Gasteiger partial charge in [-0.3, -0.25) is 9.59 Å². The minimum Gasteiger partial charge on any atom is -0.300 e. The molecule has 0 spiro atoms. The van der Waals surface area contributed by atoms with Crippen LogP contribution in [0.3, 0.4) is 0 Å². The first kappa shape index (κ1) is 14.0. The molecular weight excluding hydrogens is 260 g/mol. The Labute approximate surface area is 128 Å². The van der Waals surface area contributed by atoms with E-state index in [1.165, 1.54) is 19.3 Å². The van der Waals surface area contributed by atoms with Crippen LogP contribution in [0, 0.1) is 34.5 Å². The molecule has 4 rings (SSSR count). The highest BCUT2D eigenvalue weighted by molar-refractivity contribution is 5.87. The lowest BCUT2D eigenvalue weighted by molar-refractivity contribution is -0.144. The number of hydrogen-bond acceptors (Lipinski definition) is 2. The summed E-state index contributed by atoms with van der Waals surface area (Å²) in [4.78, 5) is 24.2. The fourth-order valence-corrected chi connectivity index (χ4v) is 6.82. The molecule has 0 aromatic carbocycles. The van der Waals surface area contributed by atoms with Crippen LogP contribution in [0.2, 0.25) is 0 Å². The minimum absolute atomic E-state index is 0.00511. The summed E-state index contributed by atoms with van der Waals surface area (Å²) in [5.74, 6) is 3.82. The van der Waals surface area contributed by atoms with E-state index < -0.39 is 0 Å². The van der Waals surface area contributed by atoms with E-state index in [9.17, 15) is 9.59 Å². The first-order valence-electron chi connectivity index (χ1n) is 9.00. The van der Waals surface area contributed by atoms with Gasteiger partial charge in [0.05, 0.1) is 0 Å². The standard InChI is InChI=1S/C19H28O2/c1-18-9-7-13(20)11-12(18)3-4-14-15-5-6-17(21)19(15,2)10-8-16(14)18/h12,14-16H,3-11H2,1-2H3/t12-,14+,15-,16+,18-,19-/m0/s1. The highest BCUT2D eigenvalue weighted by Gasteiger charge is 2.60. The lowest BCUT2D eigenvalue weighted by Gasteiger charge is -2.59. The van der Waals surface area contributed by atoms with Gasteiger partial charge in [-0.15, -0.1) is 0 Å². The van der Waals surface area contributed by atoms with Crippen LogP contribution in [0.15, 0.2) is 0 Å². The molecule has 0 N–H and O–H groups in total. The summed E-state index contributed by atoms with van der Waals surface area (Å²) < 4.78 is 0. The summed E-state index contributed by atoms with van der Waals surface area (Å²) in [6, 6.07) is 0. The number of carbonyl (C=O) groups excluding carboxylic acids is 2. The van der Waals surface area contributed by atoms with E-state index in [4.69, 9.17) is 0 Å². The van der Waals surface area contributed by atoms with Gasteiger partial charge in [0.2, 0.25) is 0 Å². The predicted octanol–water partition coefficient (Wildman–Crippen LogP) is 4.17. The lowest BCUT2D eigenvalue weighted by atomic mass is 9.45. The average Bonchev–Trinajstić information content (AvgIpc) is 2.76. The summed E-state index contributed by atoms with van der Waals surface area (Å²) in [6.45, 7) is 4.72. The van der Waals surface area contributed by atoms with E-state index in [2.05, 4.69) is 13.8 Å². The van der Waals surface area contributed by atoms with Gasteiger partial charge in [-0.25, -0.2) is 0 Å². The van der Waals surface area contributed by atoms with Crippen molar-refractivity contribution in [2.75, 3.05) is 0 Å². The third kappa shape index (κ3) is 1.77. The van der Waals surface area contributed by atoms with E-state index in [-0.39, 0.29) is 5.41 Å². The Bertz CT molecular complexity index is 496. The van der Waals surface area contributed by atoms with Crippen LogP contribution < -0.4 is 0 Å². The molecule has 2 heteroatoms. The van der Waals surface area contributed by atoms with Gasteiger partial charge in [0.25, 0.3) is 0 Å². The molecule has 0 aliphatic heterocycles. The monoisotopic (exact) mass is 288 g/mol. The van der Waals surface area contributed by atoms with Crippen molar-refractivity contribution in [3.8, 4) is 0 Å². The molecule has 0 radical (unpaired) electrons. The molecule has 4 fully saturated rings. The van der Waals surface area contributed by atoms with Crippen molar-refractivity contribution in [3.63, 3.8) is 0 Å². The second kappa shape index (κ2) is 4.43. The maximum Gasteiger partial charge on any atom is 0.139 e.